The smallest absolute Gasteiger partial charge is 0.224 e. The molecule has 2 saturated carbocycles. The standard InChI is InChI=1S/C16H30N2O2/c1-12-7-8-15(17)14(11-12)16(19)18-9-10-20-13-5-3-2-4-6-13/h12-15H,2-11,17H2,1H3,(H,18,19). The molecule has 3 N–H and O–H groups in total. The van der Waals surface area contributed by atoms with E-state index in [1.807, 2.05) is 0 Å². The molecule has 4 nitrogen and oxygen atoms in total. The first-order valence-corrected chi connectivity index (χ1v) is 8.31. The number of nitrogens with two attached hydrogens (primary N) is 1. The van der Waals surface area contributed by atoms with Gasteiger partial charge in [0.2, 0.25) is 5.91 Å². The molecule has 2 rings (SSSR count). The molecule has 2 fully saturated rings. The first kappa shape index (κ1) is 15.8. The first-order chi connectivity index (χ1) is 9.66. The molecule has 0 aromatic carbocycles. The summed E-state index contributed by atoms with van der Waals surface area (Å²) in [4.78, 5) is 12.2. The van der Waals surface area contributed by atoms with Crippen molar-refractivity contribution in [2.75, 3.05) is 13.2 Å². The molecule has 0 radical (unpaired) electrons. The lowest BCUT2D eigenvalue weighted by molar-refractivity contribution is -0.127. The molecule has 0 heterocycles. The second-order valence-corrected chi connectivity index (χ2v) is 6.61. The molecular formula is C16H30N2O2. The number of hydrogen-bond acceptors (Lipinski definition) is 3. The predicted octanol–water partition coefficient (Wildman–Crippen LogP) is 2.22. The Balaban J connectivity index is 1.61. The number of ether oxygens (including phenoxy) is 1. The maximum absolute atomic E-state index is 12.2. The van der Waals surface area contributed by atoms with Crippen molar-refractivity contribution >= 4 is 5.91 Å². The first-order valence-electron chi connectivity index (χ1n) is 8.31. The highest BCUT2D eigenvalue weighted by Gasteiger charge is 2.31. The van der Waals surface area contributed by atoms with Gasteiger partial charge in [0.15, 0.2) is 0 Å². The molecule has 3 atom stereocenters. The second kappa shape index (κ2) is 7.99. The van der Waals surface area contributed by atoms with Crippen LogP contribution in [0.4, 0.5) is 0 Å². The number of hydrogen-bond donors (Lipinski definition) is 2. The normalized spacial score (nSPS) is 32.0. The van der Waals surface area contributed by atoms with Crippen LogP contribution in [0.15, 0.2) is 0 Å². The van der Waals surface area contributed by atoms with Crippen molar-refractivity contribution in [3.05, 3.63) is 0 Å². The molecule has 3 unspecified atom stereocenters. The summed E-state index contributed by atoms with van der Waals surface area (Å²) in [7, 11) is 0. The van der Waals surface area contributed by atoms with Crippen molar-refractivity contribution in [3.8, 4) is 0 Å². The third-order valence-corrected chi connectivity index (χ3v) is 4.81. The quantitative estimate of drug-likeness (QED) is 0.760. The molecular weight excluding hydrogens is 252 g/mol. The van der Waals surface area contributed by atoms with Crippen LogP contribution in [0.25, 0.3) is 0 Å². The van der Waals surface area contributed by atoms with Gasteiger partial charge in [0.25, 0.3) is 0 Å². The lowest BCUT2D eigenvalue weighted by Gasteiger charge is -2.31. The van der Waals surface area contributed by atoms with Crippen molar-refractivity contribution in [2.45, 2.75) is 70.4 Å². The Hall–Kier alpha value is -0.610. The van der Waals surface area contributed by atoms with E-state index in [1.54, 1.807) is 0 Å². The van der Waals surface area contributed by atoms with Gasteiger partial charge in [0.1, 0.15) is 0 Å². The van der Waals surface area contributed by atoms with Gasteiger partial charge in [-0.1, -0.05) is 26.2 Å². The molecule has 0 aromatic rings. The van der Waals surface area contributed by atoms with E-state index in [1.165, 1.54) is 32.1 Å². The van der Waals surface area contributed by atoms with Gasteiger partial charge in [0, 0.05) is 12.6 Å². The van der Waals surface area contributed by atoms with E-state index in [2.05, 4.69) is 12.2 Å². The Bertz CT molecular complexity index is 303. The number of amides is 1. The lowest BCUT2D eigenvalue weighted by atomic mass is 9.79. The molecule has 0 saturated heterocycles. The average molecular weight is 282 g/mol. The zero-order chi connectivity index (χ0) is 14.4. The van der Waals surface area contributed by atoms with Gasteiger partial charge < -0.3 is 15.8 Å². The van der Waals surface area contributed by atoms with Gasteiger partial charge in [-0.2, -0.15) is 0 Å². The Morgan fingerprint density at radius 3 is 2.70 bits per heavy atom. The van der Waals surface area contributed by atoms with Crippen LogP contribution >= 0.6 is 0 Å². The molecule has 2 aliphatic carbocycles. The van der Waals surface area contributed by atoms with E-state index in [-0.39, 0.29) is 17.9 Å². The topological polar surface area (TPSA) is 64.4 Å². The van der Waals surface area contributed by atoms with Crippen molar-refractivity contribution < 1.29 is 9.53 Å². The maximum Gasteiger partial charge on any atom is 0.224 e. The summed E-state index contributed by atoms with van der Waals surface area (Å²) in [6.45, 7) is 3.46. The number of carbonyl (C=O) groups excluding carboxylic acids is 1. The molecule has 116 valence electrons. The molecule has 0 aromatic heterocycles. The van der Waals surface area contributed by atoms with Crippen molar-refractivity contribution in [3.63, 3.8) is 0 Å². The third kappa shape index (κ3) is 4.74. The van der Waals surface area contributed by atoms with Crippen LogP contribution in [0.1, 0.15) is 58.3 Å². The molecule has 1 amide bonds. The summed E-state index contributed by atoms with van der Waals surface area (Å²) in [5.74, 6) is 0.730. The Labute approximate surface area is 122 Å². The Kier molecular flexibility index (Phi) is 6.30. The van der Waals surface area contributed by atoms with E-state index >= 15 is 0 Å². The molecule has 4 heteroatoms. The van der Waals surface area contributed by atoms with Crippen molar-refractivity contribution in [2.24, 2.45) is 17.6 Å². The van der Waals surface area contributed by atoms with Crippen LogP contribution in [0.3, 0.4) is 0 Å². The molecule has 0 aliphatic heterocycles. The van der Waals surface area contributed by atoms with E-state index in [0.717, 1.165) is 19.3 Å². The highest BCUT2D eigenvalue weighted by atomic mass is 16.5. The fourth-order valence-corrected chi connectivity index (χ4v) is 3.47. The van der Waals surface area contributed by atoms with Crippen LogP contribution < -0.4 is 11.1 Å². The van der Waals surface area contributed by atoms with E-state index in [4.69, 9.17) is 10.5 Å². The number of carbonyl (C=O) groups is 1. The van der Waals surface area contributed by atoms with Gasteiger partial charge in [0.05, 0.1) is 18.6 Å². The monoisotopic (exact) mass is 282 g/mol. The fourth-order valence-electron chi connectivity index (χ4n) is 3.47. The zero-order valence-corrected chi connectivity index (χ0v) is 12.8. The van der Waals surface area contributed by atoms with Gasteiger partial charge in [-0.3, -0.25) is 4.79 Å². The minimum atomic E-state index is -0.00608. The SMILES string of the molecule is CC1CCC(N)C(C(=O)NCCOC2CCCCC2)C1. The van der Waals surface area contributed by atoms with Crippen molar-refractivity contribution in [1.29, 1.82) is 0 Å². The summed E-state index contributed by atoms with van der Waals surface area (Å²) >= 11 is 0. The third-order valence-electron chi connectivity index (χ3n) is 4.81. The number of nitrogens with one attached hydrogen (secondary N) is 1. The van der Waals surface area contributed by atoms with Gasteiger partial charge in [-0.05, 0) is 38.0 Å². The summed E-state index contributed by atoms with van der Waals surface area (Å²) in [6.07, 6.45) is 9.73. The van der Waals surface area contributed by atoms with Crippen LogP contribution in [-0.2, 0) is 9.53 Å². The molecule has 20 heavy (non-hydrogen) atoms. The minimum absolute atomic E-state index is 0.00608. The highest BCUT2D eigenvalue weighted by Crippen LogP contribution is 2.28. The van der Waals surface area contributed by atoms with Crippen LogP contribution in [0.2, 0.25) is 0 Å². The second-order valence-electron chi connectivity index (χ2n) is 6.61. The van der Waals surface area contributed by atoms with Crippen LogP contribution in [0, 0.1) is 11.8 Å². The Morgan fingerprint density at radius 1 is 1.20 bits per heavy atom. The largest absolute Gasteiger partial charge is 0.376 e. The van der Waals surface area contributed by atoms with Gasteiger partial charge in [-0.25, -0.2) is 0 Å². The average Bonchev–Trinajstić information content (AvgIpc) is 2.47. The fraction of sp³-hybridized carbons (Fsp3) is 0.938. The minimum Gasteiger partial charge on any atom is -0.376 e. The van der Waals surface area contributed by atoms with Gasteiger partial charge >= 0.3 is 0 Å². The van der Waals surface area contributed by atoms with E-state index in [9.17, 15) is 4.79 Å². The summed E-state index contributed by atoms with van der Waals surface area (Å²) in [5.41, 5.74) is 6.07. The zero-order valence-electron chi connectivity index (χ0n) is 12.8. The Morgan fingerprint density at radius 2 is 1.95 bits per heavy atom. The number of rotatable bonds is 5. The van der Waals surface area contributed by atoms with E-state index < -0.39 is 0 Å². The summed E-state index contributed by atoms with van der Waals surface area (Å²) in [5, 5.41) is 3.00. The maximum atomic E-state index is 12.2. The van der Waals surface area contributed by atoms with Crippen LogP contribution in [0.5, 0.6) is 0 Å². The van der Waals surface area contributed by atoms with E-state index in [0.29, 0.717) is 25.2 Å². The van der Waals surface area contributed by atoms with Gasteiger partial charge in [-0.15, -0.1) is 0 Å². The summed E-state index contributed by atoms with van der Waals surface area (Å²) in [6, 6.07) is 0.0328. The molecule has 0 bridgehead atoms. The lowest BCUT2D eigenvalue weighted by Crippen LogP contribution is -2.46. The predicted molar refractivity (Wildman–Crippen MR) is 80.3 cm³/mol. The van der Waals surface area contributed by atoms with Crippen molar-refractivity contribution in [1.82, 2.24) is 5.32 Å². The molecule has 2 aliphatic rings. The van der Waals surface area contributed by atoms with Crippen LogP contribution in [-0.4, -0.2) is 31.2 Å². The molecule has 0 spiro atoms. The summed E-state index contributed by atoms with van der Waals surface area (Å²) < 4.78 is 5.82. The highest BCUT2D eigenvalue weighted by molar-refractivity contribution is 5.79.